The van der Waals surface area contributed by atoms with Crippen LogP contribution in [0.25, 0.3) is 10.8 Å². The maximum Gasteiger partial charge on any atom is 0.248 e. The highest BCUT2D eigenvalue weighted by Crippen LogP contribution is 2.18. The second-order valence-corrected chi connectivity index (χ2v) is 3.19. The Labute approximate surface area is 81.3 Å². The predicted molar refractivity (Wildman–Crippen MR) is 56.9 cm³/mol. The zero-order valence-corrected chi connectivity index (χ0v) is 7.53. The average molecular weight is 186 g/mol. The Hall–Kier alpha value is -2.03. The Bertz CT molecular complexity index is 506. The van der Waals surface area contributed by atoms with E-state index in [2.05, 4.69) is 0 Å². The summed E-state index contributed by atoms with van der Waals surface area (Å²) in [5, 5.41) is 1.98. The summed E-state index contributed by atoms with van der Waals surface area (Å²) in [5.41, 5.74) is 12.0. The summed E-state index contributed by atoms with van der Waals surface area (Å²) in [6.07, 6.45) is 0. The fraction of sp³-hybridized carbons (Fsp3) is 0. The topological polar surface area (TPSA) is 69.1 Å². The molecule has 0 aliphatic heterocycles. The number of benzene rings is 2. The van der Waals surface area contributed by atoms with E-state index < -0.39 is 5.91 Å². The van der Waals surface area contributed by atoms with Crippen molar-refractivity contribution >= 4 is 22.4 Å². The summed E-state index contributed by atoms with van der Waals surface area (Å²) in [6, 6.07) is 10.8. The van der Waals surface area contributed by atoms with Gasteiger partial charge in [0.05, 0.1) is 0 Å². The van der Waals surface area contributed by atoms with Gasteiger partial charge in [-0.3, -0.25) is 4.79 Å². The van der Waals surface area contributed by atoms with Crippen LogP contribution in [0, 0.1) is 0 Å². The molecule has 3 nitrogen and oxygen atoms in total. The van der Waals surface area contributed by atoms with Gasteiger partial charge in [-0.2, -0.15) is 0 Å². The number of fused-ring (bicyclic) bond motifs is 1. The Balaban J connectivity index is 2.67. The van der Waals surface area contributed by atoms with Crippen LogP contribution in [0.1, 0.15) is 10.4 Å². The minimum Gasteiger partial charge on any atom is -0.399 e. The van der Waals surface area contributed by atoms with Crippen molar-refractivity contribution in [1.29, 1.82) is 0 Å². The minimum absolute atomic E-state index is 0.413. The summed E-state index contributed by atoms with van der Waals surface area (Å²) in [7, 11) is 0. The third kappa shape index (κ3) is 1.40. The van der Waals surface area contributed by atoms with Gasteiger partial charge in [0.15, 0.2) is 0 Å². The molecular weight excluding hydrogens is 176 g/mol. The summed E-state index contributed by atoms with van der Waals surface area (Å²) < 4.78 is 0. The van der Waals surface area contributed by atoms with Crippen molar-refractivity contribution in [2.45, 2.75) is 0 Å². The van der Waals surface area contributed by atoms with Crippen molar-refractivity contribution in [3.8, 4) is 0 Å². The lowest BCUT2D eigenvalue weighted by molar-refractivity contribution is 0.100. The molecule has 0 saturated heterocycles. The molecule has 0 aliphatic rings. The maximum atomic E-state index is 10.9. The third-order valence-corrected chi connectivity index (χ3v) is 2.15. The first kappa shape index (κ1) is 8.56. The molecule has 3 heteroatoms. The minimum atomic E-state index is -0.413. The zero-order valence-electron chi connectivity index (χ0n) is 7.53. The first-order chi connectivity index (χ1) is 6.66. The van der Waals surface area contributed by atoms with Crippen LogP contribution in [0.3, 0.4) is 0 Å². The molecule has 2 aromatic rings. The standard InChI is InChI=1S/C11H10N2O/c12-10-4-3-7-5-9(11(13)14)2-1-8(7)6-10/h1-6H,12H2,(H2,13,14). The van der Waals surface area contributed by atoms with Crippen LogP contribution in [0.15, 0.2) is 36.4 Å². The number of anilines is 1. The number of nitrogens with two attached hydrogens (primary N) is 2. The number of primary amides is 1. The molecule has 0 bridgehead atoms. The van der Waals surface area contributed by atoms with Crippen LogP contribution in [-0.2, 0) is 0 Å². The summed E-state index contributed by atoms with van der Waals surface area (Å²) >= 11 is 0. The van der Waals surface area contributed by atoms with Gasteiger partial charge in [-0.1, -0.05) is 12.1 Å². The van der Waals surface area contributed by atoms with E-state index in [9.17, 15) is 4.79 Å². The average Bonchev–Trinajstić information content (AvgIpc) is 2.16. The van der Waals surface area contributed by atoms with Gasteiger partial charge in [0.25, 0.3) is 0 Å². The molecule has 0 spiro atoms. The number of carbonyl (C=O) groups excluding carboxylic acids is 1. The molecule has 70 valence electrons. The van der Waals surface area contributed by atoms with Gasteiger partial charge in [-0.15, -0.1) is 0 Å². The number of hydrogen-bond donors (Lipinski definition) is 2. The Kier molecular flexibility index (Phi) is 1.85. The number of nitrogen functional groups attached to an aromatic ring is 1. The van der Waals surface area contributed by atoms with Gasteiger partial charge < -0.3 is 11.5 Å². The second kappa shape index (κ2) is 3.03. The number of amides is 1. The van der Waals surface area contributed by atoms with Crippen molar-refractivity contribution in [3.05, 3.63) is 42.0 Å². The van der Waals surface area contributed by atoms with E-state index in [1.54, 1.807) is 18.2 Å². The van der Waals surface area contributed by atoms with Crippen LogP contribution >= 0.6 is 0 Å². The normalized spacial score (nSPS) is 10.3. The van der Waals surface area contributed by atoms with E-state index in [1.807, 2.05) is 18.2 Å². The van der Waals surface area contributed by atoms with E-state index in [4.69, 9.17) is 11.5 Å². The zero-order chi connectivity index (χ0) is 10.1. The Morgan fingerprint density at radius 2 is 1.64 bits per heavy atom. The van der Waals surface area contributed by atoms with E-state index in [1.165, 1.54) is 0 Å². The lowest BCUT2D eigenvalue weighted by Crippen LogP contribution is -2.10. The van der Waals surface area contributed by atoms with E-state index >= 15 is 0 Å². The molecule has 0 fully saturated rings. The molecule has 2 rings (SSSR count). The van der Waals surface area contributed by atoms with Gasteiger partial charge in [0.1, 0.15) is 0 Å². The molecule has 2 aromatic carbocycles. The molecule has 4 N–H and O–H groups in total. The van der Waals surface area contributed by atoms with Crippen molar-refractivity contribution < 1.29 is 4.79 Å². The quantitative estimate of drug-likeness (QED) is 0.663. The molecular formula is C11H10N2O. The van der Waals surface area contributed by atoms with Crippen molar-refractivity contribution in [3.63, 3.8) is 0 Å². The molecule has 0 aliphatic carbocycles. The smallest absolute Gasteiger partial charge is 0.248 e. The molecule has 0 atom stereocenters. The van der Waals surface area contributed by atoms with Crippen molar-refractivity contribution in [1.82, 2.24) is 0 Å². The van der Waals surface area contributed by atoms with E-state index in [0.717, 1.165) is 10.8 Å². The molecule has 14 heavy (non-hydrogen) atoms. The summed E-state index contributed by atoms with van der Waals surface area (Å²) in [4.78, 5) is 10.9. The highest BCUT2D eigenvalue weighted by Gasteiger charge is 2.01. The molecule has 1 amide bonds. The van der Waals surface area contributed by atoms with Crippen LogP contribution in [-0.4, -0.2) is 5.91 Å². The van der Waals surface area contributed by atoms with E-state index in [-0.39, 0.29) is 0 Å². The third-order valence-electron chi connectivity index (χ3n) is 2.15. The van der Waals surface area contributed by atoms with Crippen molar-refractivity contribution in [2.24, 2.45) is 5.73 Å². The van der Waals surface area contributed by atoms with E-state index in [0.29, 0.717) is 11.3 Å². The molecule has 0 saturated carbocycles. The maximum absolute atomic E-state index is 10.9. The summed E-state index contributed by atoms with van der Waals surface area (Å²) in [6.45, 7) is 0. The number of rotatable bonds is 1. The van der Waals surface area contributed by atoms with Gasteiger partial charge in [-0.05, 0) is 35.0 Å². The van der Waals surface area contributed by atoms with Crippen LogP contribution in [0.5, 0.6) is 0 Å². The van der Waals surface area contributed by atoms with Crippen molar-refractivity contribution in [2.75, 3.05) is 5.73 Å². The molecule has 0 aromatic heterocycles. The number of carbonyl (C=O) groups is 1. The van der Waals surface area contributed by atoms with Crippen LogP contribution < -0.4 is 11.5 Å². The summed E-state index contributed by atoms with van der Waals surface area (Å²) in [5.74, 6) is -0.413. The van der Waals surface area contributed by atoms with Gasteiger partial charge >= 0.3 is 0 Å². The first-order valence-corrected chi connectivity index (χ1v) is 4.26. The van der Waals surface area contributed by atoms with Gasteiger partial charge in [-0.25, -0.2) is 0 Å². The monoisotopic (exact) mass is 186 g/mol. The second-order valence-electron chi connectivity index (χ2n) is 3.19. The Morgan fingerprint density at radius 3 is 2.36 bits per heavy atom. The lowest BCUT2D eigenvalue weighted by Gasteiger charge is -2.01. The number of hydrogen-bond acceptors (Lipinski definition) is 2. The van der Waals surface area contributed by atoms with Gasteiger partial charge in [0.2, 0.25) is 5.91 Å². The Morgan fingerprint density at radius 1 is 1.00 bits per heavy atom. The lowest BCUT2D eigenvalue weighted by atomic mass is 10.1. The van der Waals surface area contributed by atoms with Crippen LogP contribution in [0.4, 0.5) is 5.69 Å². The fourth-order valence-electron chi connectivity index (χ4n) is 1.42. The highest BCUT2D eigenvalue weighted by atomic mass is 16.1. The fourth-order valence-corrected chi connectivity index (χ4v) is 1.42. The van der Waals surface area contributed by atoms with Crippen LogP contribution in [0.2, 0.25) is 0 Å². The molecule has 0 heterocycles. The van der Waals surface area contributed by atoms with Gasteiger partial charge in [0, 0.05) is 11.3 Å². The predicted octanol–water partition coefficient (Wildman–Crippen LogP) is 1.52. The highest BCUT2D eigenvalue weighted by molar-refractivity contribution is 5.98. The molecule has 0 radical (unpaired) electrons. The molecule has 0 unspecified atom stereocenters. The first-order valence-electron chi connectivity index (χ1n) is 4.26. The SMILES string of the molecule is NC(=O)c1ccc2cc(N)ccc2c1. The largest absolute Gasteiger partial charge is 0.399 e.